The molecule has 0 aliphatic heterocycles. The summed E-state index contributed by atoms with van der Waals surface area (Å²) in [5, 5.41) is 6.53. The summed E-state index contributed by atoms with van der Waals surface area (Å²) in [4.78, 5) is 11.6. The number of benzene rings is 2. The van der Waals surface area contributed by atoms with Crippen LogP contribution < -0.4 is 10.7 Å². The van der Waals surface area contributed by atoms with Crippen LogP contribution in [-0.4, -0.2) is 12.2 Å². The maximum atomic E-state index is 11.6. The summed E-state index contributed by atoms with van der Waals surface area (Å²) in [5.74, 6) is 0. The monoisotopic (exact) mass is 343 g/mol. The van der Waals surface area contributed by atoms with Crippen molar-refractivity contribution in [3.63, 3.8) is 0 Å². The van der Waals surface area contributed by atoms with Gasteiger partial charge in [0.1, 0.15) is 0 Å². The van der Waals surface area contributed by atoms with Gasteiger partial charge in [0.15, 0.2) is 0 Å². The summed E-state index contributed by atoms with van der Waals surface area (Å²) in [6.07, 6.45) is 3.43. The number of allylic oxidation sites excluding steroid dienone is 1. The van der Waals surface area contributed by atoms with Gasteiger partial charge in [-0.05, 0) is 39.7 Å². The molecule has 4 nitrogen and oxygen atoms in total. The van der Waals surface area contributed by atoms with E-state index in [0.29, 0.717) is 5.69 Å². The number of halogens is 1. The van der Waals surface area contributed by atoms with Crippen LogP contribution in [0.4, 0.5) is 10.5 Å². The quantitative estimate of drug-likeness (QED) is 0.633. The van der Waals surface area contributed by atoms with E-state index in [2.05, 4.69) is 31.8 Å². The van der Waals surface area contributed by atoms with Crippen LogP contribution in [0.1, 0.15) is 5.56 Å². The summed E-state index contributed by atoms with van der Waals surface area (Å²) in [6, 6.07) is 18.6. The van der Waals surface area contributed by atoms with E-state index in [4.69, 9.17) is 0 Å². The van der Waals surface area contributed by atoms with E-state index in [9.17, 15) is 4.79 Å². The largest absolute Gasteiger partial charge is 0.339 e. The Bertz CT molecular complexity index is 639. The van der Waals surface area contributed by atoms with E-state index in [1.54, 1.807) is 12.1 Å². The SMILES string of the molecule is O=C(NN=CC(Br)=Cc1ccccc1)Nc1ccccc1. The van der Waals surface area contributed by atoms with Crippen molar-refractivity contribution in [1.82, 2.24) is 5.43 Å². The molecule has 2 rings (SSSR count). The number of carbonyl (C=O) groups is 1. The number of rotatable bonds is 4. The summed E-state index contributed by atoms with van der Waals surface area (Å²) in [6.45, 7) is 0. The van der Waals surface area contributed by atoms with E-state index in [-0.39, 0.29) is 0 Å². The van der Waals surface area contributed by atoms with E-state index in [1.165, 1.54) is 6.21 Å². The molecule has 0 fully saturated rings. The summed E-state index contributed by atoms with van der Waals surface area (Å²) in [5.41, 5.74) is 4.15. The fourth-order valence-electron chi connectivity index (χ4n) is 1.58. The predicted molar refractivity (Wildman–Crippen MR) is 90.4 cm³/mol. The number of amides is 2. The molecule has 0 aliphatic carbocycles. The lowest BCUT2D eigenvalue weighted by atomic mass is 10.2. The van der Waals surface area contributed by atoms with Crippen molar-refractivity contribution >= 4 is 39.9 Å². The minimum absolute atomic E-state index is 0.391. The molecule has 0 aromatic heterocycles. The van der Waals surface area contributed by atoms with Crippen LogP contribution in [0.5, 0.6) is 0 Å². The molecular formula is C16H14BrN3O. The maximum Gasteiger partial charge on any atom is 0.339 e. The highest BCUT2D eigenvalue weighted by Gasteiger charge is 1.98. The normalized spacial score (nSPS) is 11.4. The van der Waals surface area contributed by atoms with Crippen LogP contribution in [0, 0.1) is 0 Å². The van der Waals surface area contributed by atoms with E-state index >= 15 is 0 Å². The molecule has 0 saturated carbocycles. The lowest BCUT2D eigenvalue weighted by Gasteiger charge is -2.02. The number of nitrogens with one attached hydrogen (secondary N) is 2. The molecule has 2 aromatic carbocycles. The second kappa shape index (κ2) is 8.01. The predicted octanol–water partition coefficient (Wildman–Crippen LogP) is 4.23. The molecule has 0 spiro atoms. The summed E-state index contributed by atoms with van der Waals surface area (Å²) >= 11 is 3.37. The van der Waals surface area contributed by atoms with Gasteiger partial charge < -0.3 is 5.32 Å². The van der Waals surface area contributed by atoms with Crippen molar-refractivity contribution in [2.45, 2.75) is 0 Å². The van der Waals surface area contributed by atoms with Gasteiger partial charge in [-0.25, -0.2) is 10.2 Å². The Morgan fingerprint density at radius 3 is 2.29 bits per heavy atom. The average Bonchev–Trinajstić information content (AvgIpc) is 2.49. The third kappa shape index (κ3) is 5.62. The lowest BCUT2D eigenvalue weighted by Crippen LogP contribution is -2.24. The number of carbonyl (C=O) groups excluding carboxylic acids is 1. The van der Waals surface area contributed by atoms with E-state index in [0.717, 1.165) is 10.0 Å². The van der Waals surface area contributed by atoms with E-state index in [1.807, 2.05) is 54.6 Å². The minimum atomic E-state index is -0.391. The first-order chi connectivity index (χ1) is 10.2. The molecule has 0 atom stereocenters. The van der Waals surface area contributed by atoms with Gasteiger partial charge in [-0.3, -0.25) is 0 Å². The van der Waals surface area contributed by atoms with Crippen LogP contribution in [0.3, 0.4) is 0 Å². The highest BCUT2D eigenvalue weighted by atomic mass is 79.9. The molecule has 21 heavy (non-hydrogen) atoms. The van der Waals surface area contributed by atoms with Crippen molar-refractivity contribution in [1.29, 1.82) is 0 Å². The van der Waals surface area contributed by atoms with Gasteiger partial charge in [-0.2, -0.15) is 5.10 Å². The highest BCUT2D eigenvalue weighted by molar-refractivity contribution is 9.12. The minimum Gasteiger partial charge on any atom is -0.307 e. The third-order valence-corrected chi connectivity index (χ3v) is 2.92. The van der Waals surface area contributed by atoms with Crippen LogP contribution in [-0.2, 0) is 0 Å². The Labute approximate surface area is 131 Å². The zero-order valence-corrected chi connectivity index (χ0v) is 12.7. The van der Waals surface area contributed by atoms with Gasteiger partial charge in [-0.1, -0.05) is 48.5 Å². The number of urea groups is 1. The topological polar surface area (TPSA) is 53.5 Å². The number of nitrogens with zero attached hydrogens (tertiary/aromatic N) is 1. The van der Waals surface area contributed by atoms with Crippen LogP contribution in [0.2, 0.25) is 0 Å². The van der Waals surface area contributed by atoms with Crippen LogP contribution in [0.25, 0.3) is 6.08 Å². The van der Waals surface area contributed by atoms with Crippen LogP contribution in [0.15, 0.2) is 70.2 Å². The Morgan fingerprint density at radius 2 is 1.62 bits per heavy atom. The first-order valence-electron chi connectivity index (χ1n) is 6.31. The number of hydrazone groups is 1. The molecule has 2 amide bonds. The van der Waals surface area contributed by atoms with E-state index < -0.39 is 6.03 Å². The Hall–Kier alpha value is -2.40. The smallest absolute Gasteiger partial charge is 0.307 e. The van der Waals surface area contributed by atoms with Gasteiger partial charge in [0, 0.05) is 10.2 Å². The molecule has 2 N–H and O–H groups in total. The maximum absolute atomic E-state index is 11.6. The molecule has 0 radical (unpaired) electrons. The highest BCUT2D eigenvalue weighted by Crippen LogP contribution is 2.09. The first kappa shape index (κ1) is 15.0. The molecular weight excluding hydrogens is 330 g/mol. The number of hydrogen-bond acceptors (Lipinski definition) is 2. The molecule has 106 valence electrons. The van der Waals surface area contributed by atoms with Gasteiger partial charge in [-0.15, -0.1) is 0 Å². The molecule has 2 aromatic rings. The fraction of sp³-hybridized carbons (Fsp3) is 0. The second-order valence-corrected chi connectivity index (χ2v) is 5.05. The first-order valence-corrected chi connectivity index (χ1v) is 7.11. The Morgan fingerprint density at radius 1 is 1.00 bits per heavy atom. The standard InChI is InChI=1S/C16H14BrN3O/c17-14(11-13-7-3-1-4-8-13)12-18-20-16(21)19-15-9-5-2-6-10-15/h1-12H,(H2,19,20,21). The zero-order chi connectivity index (χ0) is 14.9. The third-order valence-electron chi connectivity index (χ3n) is 2.49. The molecule has 0 saturated heterocycles. The van der Waals surface area contributed by atoms with Crippen molar-refractivity contribution in [3.05, 3.63) is 70.7 Å². The second-order valence-electron chi connectivity index (χ2n) is 4.13. The Balaban J connectivity index is 1.84. The molecule has 0 bridgehead atoms. The van der Waals surface area contributed by atoms with Crippen molar-refractivity contribution in [3.8, 4) is 0 Å². The average molecular weight is 344 g/mol. The van der Waals surface area contributed by atoms with Gasteiger partial charge in [0.25, 0.3) is 0 Å². The molecule has 5 heteroatoms. The fourth-order valence-corrected chi connectivity index (χ4v) is 1.95. The lowest BCUT2D eigenvalue weighted by molar-refractivity contribution is 0.252. The van der Waals surface area contributed by atoms with Gasteiger partial charge >= 0.3 is 6.03 Å². The molecule has 0 aliphatic rings. The van der Waals surface area contributed by atoms with Crippen molar-refractivity contribution in [2.75, 3.05) is 5.32 Å². The van der Waals surface area contributed by atoms with Crippen molar-refractivity contribution < 1.29 is 4.79 Å². The zero-order valence-electron chi connectivity index (χ0n) is 11.2. The van der Waals surface area contributed by atoms with Crippen LogP contribution >= 0.6 is 15.9 Å². The van der Waals surface area contributed by atoms with Gasteiger partial charge in [0.2, 0.25) is 0 Å². The van der Waals surface area contributed by atoms with Gasteiger partial charge in [0.05, 0.1) is 6.21 Å². The molecule has 0 unspecified atom stereocenters. The number of anilines is 1. The Kier molecular flexibility index (Phi) is 5.72. The van der Waals surface area contributed by atoms with Crippen molar-refractivity contribution in [2.24, 2.45) is 5.10 Å². The summed E-state index contributed by atoms with van der Waals surface area (Å²) < 4.78 is 0.758. The number of hydrogen-bond donors (Lipinski definition) is 2. The molecule has 0 heterocycles. The summed E-state index contributed by atoms with van der Waals surface area (Å²) in [7, 11) is 0. The number of para-hydroxylation sites is 1.